The quantitative estimate of drug-likeness (QED) is 0.705. The molecule has 7 heteroatoms. The van der Waals surface area contributed by atoms with Gasteiger partial charge in [-0.1, -0.05) is 24.3 Å². The van der Waals surface area contributed by atoms with Crippen molar-refractivity contribution in [3.05, 3.63) is 57.8 Å². The highest BCUT2D eigenvalue weighted by Crippen LogP contribution is 2.43. The molecule has 1 aromatic carbocycles. The Hall–Kier alpha value is -2.67. The summed E-state index contributed by atoms with van der Waals surface area (Å²) in [5.74, 6) is 1.83. The van der Waals surface area contributed by atoms with Gasteiger partial charge in [0.25, 0.3) is 5.56 Å². The van der Waals surface area contributed by atoms with E-state index in [0.717, 1.165) is 51.1 Å². The normalized spacial score (nSPS) is 24.3. The highest BCUT2D eigenvalue weighted by molar-refractivity contribution is 5.51. The number of aryl methyl sites for hydroxylation is 1. The highest BCUT2D eigenvalue weighted by Gasteiger charge is 2.42. The lowest BCUT2D eigenvalue weighted by atomic mass is 9.87. The first-order valence-corrected chi connectivity index (χ1v) is 10.2. The van der Waals surface area contributed by atoms with E-state index in [9.17, 15) is 4.79 Å². The van der Waals surface area contributed by atoms with E-state index in [1.807, 2.05) is 0 Å². The van der Waals surface area contributed by atoms with Crippen molar-refractivity contribution in [2.45, 2.75) is 50.1 Å². The minimum absolute atomic E-state index is 0.00978. The van der Waals surface area contributed by atoms with E-state index in [2.05, 4.69) is 34.6 Å². The summed E-state index contributed by atoms with van der Waals surface area (Å²) in [6.45, 7) is 2.15. The average Bonchev–Trinajstić information content (AvgIpc) is 3.32. The number of anilines is 1. The molecule has 2 aliphatic heterocycles. The molecule has 3 aromatic rings. The number of nitrogens with zero attached hydrogens (tertiary/aromatic N) is 4. The summed E-state index contributed by atoms with van der Waals surface area (Å²) >= 11 is 0. The maximum atomic E-state index is 13.1. The van der Waals surface area contributed by atoms with Gasteiger partial charge in [-0.25, -0.2) is 9.50 Å². The van der Waals surface area contributed by atoms with Crippen LogP contribution in [0.4, 0.5) is 5.95 Å². The molecular weight excluding hydrogens is 354 g/mol. The molecule has 1 spiro atoms. The van der Waals surface area contributed by atoms with Crippen LogP contribution in [0.5, 0.6) is 0 Å². The standard InChI is InChI=1S/C21H23N5O2/c27-19-17-13-22-18(15-6-11-28-12-7-15)26(17)24-20-23-21(9-10-25(19)20)8-5-14-3-1-2-4-16(14)21/h1-4,13,15H,5-12H2,(H,23,24). The van der Waals surface area contributed by atoms with Crippen molar-refractivity contribution in [3.8, 4) is 0 Å². The lowest BCUT2D eigenvalue weighted by Crippen LogP contribution is -2.43. The third-order valence-corrected chi connectivity index (χ3v) is 6.73. The SMILES string of the molecule is O=c1c2cnc(C3CCOCC3)n2nc2n1CCC1(CCc3ccccc31)N2. The maximum Gasteiger partial charge on any atom is 0.280 e. The molecule has 1 atom stereocenters. The van der Waals surface area contributed by atoms with Crippen LogP contribution in [-0.2, 0) is 23.2 Å². The summed E-state index contributed by atoms with van der Waals surface area (Å²) in [6, 6.07) is 8.63. The van der Waals surface area contributed by atoms with Crippen LogP contribution in [-0.4, -0.2) is 32.4 Å². The number of aromatic nitrogens is 4. The molecule has 0 amide bonds. The second-order valence-corrected chi connectivity index (χ2v) is 8.19. The monoisotopic (exact) mass is 377 g/mol. The molecule has 1 fully saturated rings. The van der Waals surface area contributed by atoms with Gasteiger partial charge in [0.15, 0.2) is 5.52 Å². The van der Waals surface area contributed by atoms with Crippen LogP contribution in [0.2, 0.25) is 0 Å². The number of nitrogens with one attached hydrogen (secondary N) is 1. The fraction of sp³-hybridized carbons (Fsp3) is 0.476. The van der Waals surface area contributed by atoms with Crippen LogP contribution in [0.25, 0.3) is 5.52 Å². The smallest absolute Gasteiger partial charge is 0.280 e. The maximum absolute atomic E-state index is 13.1. The number of imidazole rings is 1. The van der Waals surface area contributed by atoms with Crippen molar-refractivity contribution < 1.29 is 4.74 Å². The lowest BCUT2D eigenvalue weighted by molar-refractivity contribution is 0.0832. The summed E-state index contributed by atoms with van der Waals surface area (Å²) in [5, 5.41) is 8.53. The fourth-order valence-corrected chi connectivity index (χ4v) is 5.18. The van der Waals surface area contributed by atoms with Crippen molar-refractivity contribution >= 4 is 11.5 Å². The molecule has 28 heavy (non-hydrogen) atoms. The second kappa shape index (κ2) is 5.91. The van der Waals surface area contributed by atoms with Crippen LogP contribution < -0.4 is 10.9 Å². The van der Waals surface area contributed by atoms with Gasteiger partial charge in [-0.3, -0.25) is 9.36 Å². The zero-order valence-corrected chi connectivity index (χ0v) is 15.7. The number of hydrogen-bond donors (Lipinski definition) is 1. The van der Waals surface area contributed by atoms with Crippen molar-refractivity contribution in [1.29, 1.82) is 0 Å². The Morgan fingerprint density at radius 2 is 2.04 bits per heavy atom. The van der Waals surface area contributed by atoms with Crippen molar-refractivity contribution in [2.75, 3.05) is 18.5 Å². The Bertz CT molecular complexity index is 1130. The molecule has 1 saturated heterocycles. The molecule has 1 aliphatic carbocycles. The van der Waals surface area contributed by atoms with Gasteiger partial charge in [-0.05, 0) is 43.2 Å². The first-order chi connectivity index (χ1) is 13.8. The Morgan fingerprint density at radius 3 is 2.93 bits per heavy atom. The molecule has 144 valence electrons. The van der Waals surface area contributed by atoms with Crippen molar-refractivity contribution in [1.82, 2.24) is 19.2 Å². The zero-order chi connectivity index (χ0) is 18.7. The first kappa shape index (κ1) is 16.3. The zero-order valence-electron chi connectivity index (χ0n) is 15.7. The lowest BCUT2D eigenvalue weighted by Gasteiger charge is -2.37. The molecule has 0 bridgehead atoms. The van der Waals surface area contributed by atoms with Gasteiger partial charge in [-0.2, -0.15) is 0 Å². The summed E-state index contributed by atoms with van der Waals surface area (Å²) in [4.78, 5) is 17.7. The average molecular weight is 377 g/mol. The molecule has 1 N–H and O–H groups in total. The molecule has 6 rings (SSSR count). The summed E-state index contributed by atoms with van der Waals surface area (Å²) in [7, 11) is 0. The molecule has 1 unspecified atom stereocenters. The van der Waals surface area contributed by atoms with Gasteiger partial charge in [0.05, 0.1) is 11.7 Å². The Labute approximate surface area is 162 Å². The van der Waals surface area contributed by atoms with Gasteiger partial charge in [0.1, 0.15) is 5.82 Å². The van der Waals surface area contributed by atoms with E-state index >= 15 is 0 Å². The van der Waals surface area contributed by atoms with E-state index in [1.165, 1.54) is 11.1 Å². The van der Waals surface area contributed by atoms with Crippen LogP contribution >= 0.6 is 0 Å². The van der Waals surface area contributed by atoms with Crippen LogP contribution in [0.1, 0.15) is 48.6 Å². The number of ether oxygens (including phenoxy) is 1. The highest BCUT2D eigenvalue weighted by atomic mass is 16.5. The van der Waals surface area contributed by atoms with Crippen molar-refractivity contribution in [3.63, 3.8) is 0 Å². The third kappa shape index (κ3) is 2.22. The summed E-state index contributed by atoms with van der Waals surface area (Å²) in [5.41, 5.74) is 3.19. The molecule has 4 heterocycles. The number of rotatable bonds is 1. The number of hydrogen-bond acceptors (Lipinski definition) is 5. The topological polar surface area (TPSA) is 73.4 Å². The summed E-state index contributed by atoms with van der Waals surface area (Å²) < 4.78 is 9.03. The summed E-state index contributed by atoms with van der Waals surface area (Å²) in [6.07, 6.45) is 6.53. The van der Waals surface area contributed by atoms with Crippen LogP contribution in [0.3, 0.4) is 0 Å². The fourth-order valence-electron chi connectivity index (χ4n) is 5.18. The van der Waals surface area contributed by atoms with Crippen LogP contribution in [0.15, 0.2) is 35.3 Å². The minimum Gasteiger partial charge on any atom is -0.381 e. The molecule has 2 aromatic heterocycles. The van der Waals surface area contributed by atoms with Gasteiger partial charge in [0, 0.05) is 25.7 Å². The van der Waals surface area contributed by atoms with E-state index < -0.39 is 0 Å². The number of benzene rings is 1. The molecular formula is C21H23N5O2. The Morgan fingerprint density at radius 1 is 1.18 bits per heavy atom. The van der Waals surface area contributed by atoms with Gasteiger partial charge < -0.3 is 10.1 Å². The Kier molecular flexibility index (Phi) is 3.44. The van der Waals surface area contributed by atoms with E-state index in [0.29, 0.717) is 18.0 Å². The van der Waals surface area contributed by atoms with Gasteiger partial charge >= 0.3 is 0 Å². The van der Waals surface area contributed by atoms with E-state index in [-0.39, 0.29) is 17.0 Å². The van der Waals surface area contributed by atoms with E-state index in [4.69, 9.17) is 9.84 Å². The van der Waals surface area contributed by atoms with Gasteiger partial charge in [0.2, 0.25) is 5.95 Å². The molecule has 3 aliphatic rings. The van der Waals surface area contributed by atoms with E-state index in [1.54, 1.807) is 15.3 Å². The first-order valence-electron chi connectivity index (χ1n) is 10.2. The minimum atomic E-state index is -0.122. The molecule has 7 nitrogen and oxygen atoms in total. The third-order valence-electron chi connectivity index (χ3n) is 6.73. The largest absolute Gasteiger partial charge is 0.381 e. The predicted molar refractivity (Wildman–Crippen MR) is 105 cm³/mol. The molecule has 0 saturated carbocycles. The van der Waals surface area contributed by atoms with Crippen LogP contribution in [0, 0.1) is 0 Å². The van der Waals surface area contributed by atoms with Crippen molar-refractivity contribution in [2.24, 2.45) is 0 Å². The predicted octanol–water partition coefficient (Wildman–Crippen LogP) is 2.44. The van der Waals surface area contributed by atoms with Gasteiger partial charge in [-0.15, -0.1) is 5.10 Å². The number of fused-ring (bicyclic) bond motifs is 4. The second-order valence-electron chi connectivity index (χ2n) is 8.19. The molecule has 0 radical (unpaired) electrons. The Balaban J connectivity index is 1.47.